The van der Waals surface area contributed by atoms with Crippen molar-refractivity contribution >= 4 is 6.09 Å². The third-order valence-corrected chi connectivity index (χ3v) is 6.36. The zero-order valence-electron chi connectivity index (χ0n) is 16.3. The maximum Gasteiger partial charge on any atom is 0.407 e. The van der Waals surface area contributed by atoms with Gasteiger partial charge in [-0.05, 0) is 61.2 Å². The molecule has 1 amide bonds. The molecule has 6 rings (SSSR count). The number of rotatable bonds is 3. The summed E-state index contributed by atoms with van der Waals surface area (Å²) in [7, 11) is 0. The van der Waals surface area contributed by atoms with Gasteiger partial charge in [-0.3, -0.25) is 4.90 Å². The molecule has 0 spiro atoms. The summed E-state index contributed by atoms with van der Waals surface area (Å²) in [5, 5.41) is 3.03. The molecule has 2 aromatic carbocycles. The molecular formula is C23H25FN2O3. The minimum Gasteiger partial charge on any atom is -0.493 e. The highest BCUT2D eigenvalue weighted by Gasteiger charge is 2.37. The van der Waals surface area contributed by atoms with Gasteiger partial charge in [0.05, 0.1) is 12.6 Å². The zero-order chi connectivity index (χ0) is 19.8. The van der Waals surface area contributed by atoms with Crippen LogP contribution < -0.4 is 10.1 Å². The average molecular weight is 396 g/mol. The number of benzene rings is 2. The van der Waals surface area contributed by atoms with E-state index in [0.717, 1.165) is 54.9 Å². The van der Waals surface area contributed by atoms with Gasteiger partial charge in [-0.15, -0.1) is 0 Å². The second kappa shape index (κ2) is 7.67. The molecule has 2 atom stereocenters. The van der Waals surface area contributed by atoms with Gasteiger partial charge in [-0.25, -0.2) is 9.18 Å². The Bertz CT molecular complexity index is 911. The molecule has 0 aromatic heterocycles. The molecule has 0 aliphatic carbocycles. The summed E-state index contributed by atoms with van der Waals surface area (Å²) in [4.78, 5) is 14.9. The molecule has 29 heavy (non-hydrogen) atoms. The molecule has 2 aromatic rings. The van der Waals surface area contributed by atoms with Gasteiger partial charge < -0.3 is 14.8 Å². The van der Waals surface area contributed by atoms with Gasteiger partial charge in [0.1, 0.15) is 17.7 Å². The minimum atomic E-state index is -0.351. The van der Waals surface area contributed by atoms with E-state index in [1.54, 1.807) is 6.07 Å². The number of hydrogen-bond acceptors (Lipinski definition) is 4. The predicted molar refractivity (Wildman–Crippen MR) is 107 cm³/mol. The van der Waals surface area contributed by atoms with Crippen molar-refractivity contribution in [3.63, 3.8) is 0 Å². The van der Waals surface area contributed by atoms with Crippen LogP contribution in [0, 0.1) is 11.7 Å². The van der Waals surface area contributed by atoms with Crippen LogP contribution in [-0.4, -0.2) is 43.3 Å². The highest BCUT2D eigenvalue weighted by Crippen LogP contribution is 2.36. The molecule has 1 unspecified atom stereocenters. The molecule has 0 radical (unpaired) electrons. The molecule has 1 N–H and O–H groups in total. The number of fused-ring (bicyclic) bond motifs is 4. The second-order valence-electron chi connectivity index (χ2n) is 8.18. The lowest BCUT2D eigenvalue weighted by molar-refractivity contribution is -0.0342. The van der Waals surface area contributed by atoms with E-state index >= 15 is 0 Å². The molecule has 152 valence electrons. The first kappa shape index (κ1) is 18.4. The lowest BCUT2D eigenvalue weighted by atomic mass is 9.86. The minimum absolute atomic E-state index is 0.00726. The lowest BCUT2D eigenvalue weighted by Crippen LogP contribution is -2.52. The van der Waals surface area contributed by atoms with Crippen LogP contribution in [0.15, 0.2) is 42.5 Å². The van der Waals surface area contributed by atoms with Gasteiger partial charge in [-0.1, -0.05) is 24.3 Å². The molecule has 4 aliphatic heterocycles. The summed E-state index contributed by atoms with van der Waals surface area (Å²) in [5.41, 5.74) is 2.62. The van der Waals surface area contributed by atoms with E-state index in [0.29, 0.717) is 18.9 Å². The largest absolute Gasteiger partial charge is 0.493 e. The highest BCUT2D eigenvalue weighted by molar-refractivity contribution is 5.70. The van der Waals surface area contributed by atoms with Crippen LogP contribution in [0.25, 0.3) is 11.1 Å². The summed E-state index contributed by atoms with van der Waals surface area (Å²) < 4.78 is 25.2. The third-order valence-electron chi connectivity index (χ3n) is 6.36. The van der Waals surface area contributed by atoms with Crippen molar-refractivity contribution in [2.24, 2.45) is 5.92 Å². The van der Waals surface area contributed by atoms with Crippen LogP contribution >= 0.6 is 0 Å². The fraction of sp³-hybridized carbons (Fsp3) is 0.435. The van der Waals surface area contributed by atoms with E-state index in [2.05, 4.69) is 10.2 Å². The second-order valence-corrected chi connectivity index (χ2v) is 8.18. The van der Waals surface area contributed by atoms with E-state index in [9.17, 15) is 9.18 Å². The van der Waals surface area contributed by atoms with Crippen LogP contribution in [0.5, 0.6) is 5.75 Å². The molecular weight excluding hydrogens is 371 g/mol. The Morgan fingerprint density at radius 3 is 2.69 bits per heavy atom. The number of carbonyl (C=O) groups excluding carboxylic acids is 1. The molecule has 3 saturated heterocycles. The van der Waals surface area contributed by atoms with E-state index in [1.807, 2.05) is 24.3 Å². The van der Waals surface area contributed by atoms with Gasteiger partial charge in [0, 0.05) is 18.5 Å². The van der Waals surface area contributed by atoms with Gasteiger partial charge >= 0.3 is 6.09 Å². The van der Waals surface area contributed by atoms with E-state index in [-0.39, 0.29) is 24.1 Å². The fourth-order valence-electron chi connectivity index (χ4n) is 4.75. The number of piperidine rings is 3. The number of halogens is 1. The third kappa shape index (κ3) is 3.81. The Morgan fingerprint density at radius 1 is 1.10 bits per heavy atom. The molecule has 4 heterocycles. The molecule has 4 aliphatic rings. The molecule has 2 bridgehead atoms. The van der Waals surface area contributed by atoms with Crippen LogP contribution in [-0.2, 0) is 4.74 Å². The maximum atomic E-state index is 13.6. The molecule has 6 heteroatoms. The Labute approximate surface area is 169 Å². The van der Waals surface area contributed by atoms with Crippen LogP contribution in [0.4, 0.5) is 9.18 Å². The van der Waals surface area contributed by atoms with Gasteiger partial charge in [-0.2, -0.15) is 0 Å². The molecule has 3 fully saturated rings. The number of carbonyl (C=O) groups is 1. The Balaban J connectivity index is 1.28. The van der Waals surface area contributed by atoms with Gasteiger partial charge in [0.2, 0.25) is 0 Å². The maximum absolute atomic E-state index is 13.6. The fourth-order valence-corrected chi connectivity index (χ4v) is 4.75. The quantitative estimate of drug-likeness (QED) is 0.847. The zero-order valence-corrected chi connectivity index (χ0v) is 16.3. The lowest BCUT2D eigenvalue weighted by Gasteiger charge is -2.44. The normalized spacial score (nSPS) is 27.6. The first-order valence-electron chi connectivity index (χ1n) is 10.4. The standard InChI is InChI=1S/C23H25FN2O3/c24-18-3-1-2-16(12-18)17-4-5-19-20(8-11-28-21(19)13-17)25-23(27)29-22-14-26-9-6-15(22)7-10-26/h1-5,12-13,15,20,22H,6-11,14H2,(H,25,27)/t20?,22-/m1/s1. The monoisotopic (exact) mass is 396 g/mol. The average Bonchev–Trinajstić information content (AvgIpc) is 2.74. The summed E-state index contributed by atoms with van der Waals surface area (Å²) in [6.45, 7) is 3.60. The number of hydrogen-bond donors (Lipinski definition) is 1. The number of amides is 1. The van der Waals surface area contributed by atoms with Crippen molar-refractivity contribution < 1.29 is 18.7 Å². The predicted octanol–water partition coefficient (Wildman–Crippen LogP) is 4.14. The molecule has 5 nitrogen and oxygen atoms in total. The van der Waals surface area contributed by atoms with Crippen molar-refractivity contribution in [2.75, 3.05) is 26.2 Å². The van der Waals surface area contributed by atoms with Crippen LogP contribution in [0.1, 0.15) is 30.9 Å². The van der Waals surface area contributed by atoms with E-state index in [1.165, 1.54) is 12.1 Å². The summed E-state index contributed by atoms with van der Waals surface area (Å²) in [5.74, 6) is 0.948. The molecule has 0 saturated carbocycles. The summed E-state index contributed by atoms with van der Waals surface area (Å²) >= 11 is 0. The number of nitrogens with one attached hydrogen (secondary N) is 1. The number of nitrogens with zero attached hydrogens (tertiary/aromatic N) is 1. The van der Waals surface area contributed by atoms with Crippen molar-refractivity contribution in [2.45, 2.75) is 31.4 Å². The topological polar surface area (TPSA) is 50.8 Å². The van der Waals surface area contributed by atoms with Crippen LogP contribution in [0.2, 0.25) is 0 Å². The smallest absolute Gasteiger partial charge is 0.407 e. The number of ether oxygens (including phenoxy) is 2. The number of alkyl carbamates (subject to hydrolysis) is 1. The van der Waals surface area contributed by atoms with Crippen molar-refractivity contribution in [1.82, 2.24) is 10.2 Å². The van der Waals surface area contributed by atoms with Crippen molar-refractivity contribution in [3.05, 3.63) is 53.8 Å². The first-order valence-corrected chi connectivity index (χ1v) is 10.4. The summed E-state index contributed by atoms with van der Waals surface area (Å²) in [6.07, 6.45) is 2.56. The van der Waals surface area contributed by atoms with E-state index < -0.39 is 0 Å². The summed E-state index contributed by atoms with van der Waals surface area (Å²) in [6, 6.07) is 12.2. The first-order chi connectivity index (χ1) is 14.2. The van der Waals surface area contributed by atoms with Crippen molar-refractivity contribution in [3.8, 4) is 16.9 Å². The van der Waals surface area contributed by atoms with E-state index in [4.69, 9.17) is 9.47 Å². The SMILES string of the molecule is O=C(NC1CCOc2cc(-c3cccc(F)c3)ccc21)O[C@@H]1CN2CCC1CC2. The van der Waals surface area contributed by atoms with Gasteiger partial charge in [0.25, 0.3) is 0 Å². The Hall–Kier alpha value is -2.60. The Kier molecular flexibility index (Phi) is 4.87. The van der Waals surface area contributed by atoms with Crippen molar-refractivity contribution in [1.29, 1.82) is 0 Å². The highest BCUT2D eigenvalue weighted by atomic mass is 19.1. The van der Waals surface area contributed by atoms with Crippen LogP contribution in [0.3, 0.4) is 0 Å². The van der Waals surface area contributed by atoms with Gasteiger partial charge in [0.15, 0.2) is 0 Å². The Morgan fingerprint density at radius 2 is 1.93 bits per heavy atom.